The fraction of sp³-hybridized carbons (Fsp3) is 0.700. The standard InChI is InChI=1S/C10H15NOS/c1-2-3-9-11-8(6-13-9)10(7-12)4-5-10/h6,12H,2-5,7H2,1H3. The molecule has 13 heavy (non-hydrogen) atoms. The molecular weight excluding hydrogens is 182 g/mol. The van der Waals surface area contributed by atoms with Crippen LogP contribution in [0.15, 0.2) is 5.38 Å². The summed E-state index contributed by atoms with van der Waals surface area (Å²) in [5.41, 5.74) is 1.19. The van der Waals surface area contributed by atoms with E-state index in [1.54, 1.807) is 11.3 Å². The van der Waals surface area contributed by atoms with Crippen LogP contribution in [0.2, 0.25) is 0 Å². The smallest absolute Gasteiger partial charge is 0.0928 e. The molecule has 1 aliphatic rings. The molecule has 0 aliphatic heterocycles. The molecule has 0 spiro atoms. The van der Waals surface area contributed by atoms with Crippen molar-refractivity contribution in [1.82, 2.24) is 4.98 Å². The van der Waals surface area contributed by atoms with Gasteiger partial charge in [0.25, 0.3) is 0 Å². The summed E-state index contributed by atoms with van der Waals surface area (Å²) < 4.78 is 0. The predicted molar refractivity (Wildman–Crippen MR) is 54.1 cm³/mol. The first kappa shape index (κ1) is 9.16. The summed E-state index contributed by atoms with van der Waals surface area (Å²) in [4.78, 5) is 4.56. The highest BCUT2D eigenvalue weighted by Gasteiger charge is 2.45. The van der Waals surface area contributed by atoms with E-state index in [1.165, 1.54) is 5.01 Å². The molecule has 2 rings (SSSR count). The number of hydrogen-bond donors (Lipinski definition) is 1. The normalized spacial score (nSPS) is 18.9. The van der Waals surface area contributed by atoms with Crippen molar-refractivity contribution in [3.8, 4) is 0 Å². The lowest BCUT2D eigenvalue weighted by Crippen LogP contribution is -2.12. The van der Waals surface area contributed by atoms with Crippen molar-refractivity contribution < 1.29 is 5.11 Å². The summed E-state index contributed by atoms with van der Waals surface area (Å²) in [6.07, 6.45) is 4.45. The Bertz CT molecular complexity index is 291. The fourth-order valence-electron chi connectivity index (χ4n) is 1.53. The molecule has 1 saturated carbocycles. The van der Waals surface area contributed by atoms with Gasteiger partial charge in [-0.25, -0.2) is 4.98 Å². The second-order valence-corrected chi connectivity index (χ2v) is 4.76. The monoisotopic (exact) mass is 197 g/mol. The van der Waals surface area contributed by atoms with E-state index in [1.807, 2.05) is 0 Å². The maximum atomic E-state index is 9.21. The summed E-state index contributed by atoms with van der Waals surface area (Å²) in [5, 5.41) is 12.6. The Labute approximate surface area is 82.6 Å². The quantitative estimate of drug-likeness (QED) is 0.802. The number of aromatic nitrogens is 1. The molecule has 0 radical (unpaired) electrons. The van der Waals surface area contributed by atoms with Crippen molar-refractivity contribution in [3.05, 3.63) is 16.1 Å². The van der Waals surface area contributed by atoms with E-state index in [4.69, 9.17) is 0 Å². The van der Waals surface area contributed by atoms with Crippen molar-refractivity contribution in [3.63, 3.8) is 0 Å². The third-order valence-corrected chi connectivity index (χ3v) is 3.62. The largest absolute Gasteiger partial charge is 0.395 e. The van der Waals surface area contributed by atoms with Crippen LogP contribution in [0.4, 0.5) is 0 Å². The van der Waals surface area contributed by atoms with E-state index in [2.05, 4.69) is 17.3 Å². The molecule has 1 fully saturated rings. The van der Waals surface area contributed by atoms with Crippen LogP contribution in [0.5, 0.6) is 0 Å². The van der Waals surface area contributed by atoms with E-state index >= 15 is 0 Å². The minimum Gasteiger partial charge on any atom is -0.395 e. The van der Waals surface area contributed by atoms with Gasteiger partial charge in [0, 0.05) is 10.8 Å². The van der Waals surface area contributed by atoms with Crippen molar-refractivity contribution in [2.45, 2.75) is 38.0 Å². The summed E-state index contributed by atoms with van der Waals surface area (Å²) in [5.74, 6) is 0. The summed E-state index contributed by atoms with van der Waals surface area (Å²) in [6.45, 7) is 2.43. The topological polar surface area (TPSA) is 33.1 Å². The van der Waals surface area contributed by atoms with E-state index < -0.39 is 0 Å². The molecule has 0 aromatic carbocycles. The van der Waals surface area contributed by atoms with Gasteiger partial charge in [-0.3, -0.25) is 0 Å². The van der Waals surface area contributed by atoms with Gasteiger partial charge in [-0.05, 0) is 25.7 Å². The van der Waals surface area contributed by atoms with Gasteiger partial charge in [-0.1, -0.05) is 6.92 Å². The Morgan fingerprint density at radius 2 is 2.38 bits per heavy atom. The fourth-order valence-corrected chi connectivity index (χ4v) is 2.55. The second-order valence-electron chi connectivity index (χ2n) is 3.81. The highest BCUT2D eigenvalue weighted by atomic mass is 32.1. The highest BCUT2D eigenvalue weighted by Crippen LogP contribution is 2.47. The summed E-state index contributed by atoms with van der Waals surface area (Å²) >= 11 is 1.73. The Morgan fingerprint density at radius 3 is 2.92 bits per heavy atom. The van der Waals surface area contributed by atoms with Crippen molar-refractivity contribution in [2.24, 2.45) is 0 Å². The molecule has 0 amide bonds. The molecule has 72 valence electrons. The van der Waals surface area contributed by atoms with Crippen LogP contribution >= 0.6 is 11.3 Å². The molecule has 3 heteroatoms. The second kappa shape index (κ2) is 3.39. The van der Waals surface area contributed by atoms with Crippen molar-refractivity contribution >= 4 is 11.3 Å². The van der Waals surface area contributed by atoms with E-state index in [-0.39, 0.29) is 12.0 Å². The number of hydrogen-bond acceptors (Lipinski definition) is 3. The lowest BCUT2D eigenvalue weighted by Gasteiger charge is -2.06. The number of rotatable bonds is 4. The zero-order valence-corrected chi connectivity index (χ0v) is 8.73. The average Bonchev–Trinajstić information content (AvgIpc) is 2.82. The molecule has 0 bridgehead atoms. The zero-order chi connectivity index (χ0) is 9.31. The molecule has 1 N–H and O–H groups in total. The molecule has 0 atom stereocenters. The third kappa shape index (κ3) is 1.63. The molecule has 0 saturated heterocycles. The van der Waals surface area contributed by atoms with Crippen LogP contribution in [0.25, 0.3) is 0 Å². The first-order valence-corrected chi connectivity index (χ1v) is 5.74. The molecule has 1 aromatic heterocycles. The van der Waals surface area contributed by atoms with E-state index in [0.29, 0.717) is 0 Å². The lowest BCUT2D eigenvalue weighted by atomic mass is 10.1. The van der Waals surface area contributed by atoms with Gasteiger partial charge >= 0.3 is 0 Å². The lowest BCUT2D eigenvalue weighted by molar-refractivity contribution is 0.253. The van der Waals surface area contributed by atoms with Gasteiger partial charge < -0.3 is 5.11 Å². The molecule has 1 heterocycles. The van der Waals surface area contributed by atoms with Crippen LogP contribution in [0.1, 0.15) is 36.9 Å². The number of aliphatic hydroxyl groups is 1. The Kier molecular flexibility index (Phi) is 2.39. The Balaban J connectivity index is 2.13. The minimum atomic E-state index is 0.0580. The minimum absolute atomic E-state index is 0.0580. The van der Waals surface area contributed by atoms with Gasteiger partial charge in [0.2, 0.25) is 0 Å². The van der Waals surface area contributed by atoms with Crippen LogP contribution in [-0.4, -0.2) is 16.7 Å². The van der Waals surface area contributed by atoms with Gasteiger partial charge in [0.1, 0.15) is 0 Å². The highest BCUT2D eigenvalue weighted by molar-refractivity contribution is 7.09. The van der Waals surface area contributed by atoms with Gasteiger partial charge in [-0.2, -0.15) is 0 Å². The van der Waals surface area contributed by atoms with Gasteiger partial charge in [-0.15, -0.1) is 11.3 Å². The molecule has 1 aliphatic carbocycles. The maximum absolute atomic E-state index is 9.21. The predicted octanol–water partition coefficient (Wildman–Crippen LogP) is 2.12. The number of aryl methyl sites for hydroxylation is 1. The van der Waals surface area contributed by atoms with Crippen molar-refractivity contribution in [2.75, 3.05) is 6.61 Å². The maximum Gasteiger partial charge on any atom is 0.0928 e. The average molecular weight is 197 g/mol. The summed E-state index contributed by atoms with van der Waals surface area (Å²) in [6, 6.07) is 0. The molecule has 1 aromatic rings. The number of aliphatic hydroxyl groups excluding tert-OH is 1. The summed E-state index contributed by atoms with van der Waals surface area (Å²) in [7, 11) is 0. The molecular formula is C10H15NOS. The van der Waals surface area contributed by atoms with Crippen LogP contribution < -0.4 is 0 Å². The van der Waals surface area contributed by atoms with E-state index in [9.17, 15) is 5.11 Å². The Morgan fingerprint density at radius 1 is 1.62 bits per heavy atom. The van der Waals surface area contributed by atoms with Crippen LogP contribution in [0, 0.1) is 0 Å². The Hall–Kier alpha value is -0.410. The SMILES string of the molecule is CCCc1nc(C2(CO)CC2)cs1. The molecule has 2 nitrogen and oxygen atoms in total. The number of thiazole rings is 1. The van der Waals surface area contributed by atoms with Crippen LogP contribution in [0.3, 0.4) is 0 Å². The van der Waals surface area contributed by atoms with E-state index in [0.717, 1.165) is 31.4 Å². The first-order chi connectivity index (χ1) is 6.30. The van der Waals surface area contributed by atoms with Crippen LogP contribution in [-0.2, 0) is 11.8 Å². The van der Waals surface area contributed by atoms with Crippen molar-refractivity contribution in [1.29, 1.82) is 0 Å². The molecule has 0 unspecified atom stereocenters. The van der Waals surface area contributed by atoms with Gasteiger partial charge in [0.15, 0.2) is 0 Å². The number of nitrogens with zero attached hydrogens (tertiary/aromatic N) is 1. The third-order valence-electron chi connectivity index (χ3n) is 2.72. The first-order valence-electron chi connectivity index (χ1n) is 4.86. The zero-order valence-electron chi connectivity index (χ0n) is 7.92. The van der Waals surface area contributed by atoms with Gasteiger partial charge in [0.05, 0.1) is 17.3 Å².